The van der Waals surface area contributed by atoms with Crippen LogP contribution in [0.4, 0.5) is 0 Å². The number of rotatable bonds is 8. The normalized spacial score (nSPS) is 16.2. The van der Waals surface area contributed by atoms with E-state index in [-0.39, 0.29) is 23.2 Å². The van der Waals surface area contributed by atoms with Crippen LogP contribution in [0.2, 0.25) is 0 Å². The van der Waals surface area contributed by atoms with Gasteiger partial charge in [-0.25, -0.2) is 8.42 Å². The van der Waals surface area contributed by atoms with Gasteiger partial charge in [0.05, 0.1) is 12.0 Å². The number of hydrogen-bond acceptors (Lipinski definition) is 7. The van der Waals surface area contributed by atoms with Crippen LogP contribution in [0.25, 0.3) is 22.2 Å². The Morgan fingerprint density at radius 1 is 1.11 bits per heavy atom. The molecule has 1 aromatic heterocycles. The second-order valence-corrected chi connectivity index (χ2v) is 10.8. The quantitative estimate of drug-likeness (QED) is 0.344. The molecule has 2 heterocycles. The molecule has 192 valence electrons. The number of methoxy groups -OCH3 is 1. The number of carbonyl (C=O) groups is 1. The standard InChI is InChI=1S/C27H28N4O5S/c1-3-30(18-25-28-26(29-36-25)20-10-13-22(35-2)14-11-20)27(32)24-9-6-16-31(24)37(33,34)23-15-12-19-7-4-5-8-21(19)17-23/h4-5,7-8,10-15,17,24H,3,6,9,16,18H2,1-2H3/t24-/m1/s1. The van der Waals surface area contributed by atoms with Gasteiger partial charge in [-0.05, 0) is 66.9 Å². The zero-order chi connectivity index (χ0) is 26.0. The first kappa shape index (κ1) is 24.9. The molecule has 10 heteroatoms. The van der Waals surface area contributed by atoms with Crippen molar-refractivity contribution in [3.8, 4) is 17.1 Å². The highest BCUT2D eigenvalue weighted by Gasteiger charge is 2.41. The summed E-state index contributed by atoms with van der Waals surface area (Å²) < 4.78 is 39.1. The van der Waals surface area contributed by atoms with Crippen molar-refractivity contribution in [2.45, 2.75) is 37.2 Å². The van der Waals surface area contributed by atoms with Crippen LogP contribution < -0.4 is 4.74 Å². The van der Waals surface area contributed by atoms with Gasteiger partial charge in [0.2, 0.25) is 27.6 Å². The molecule has 5 rings (SSSR count). The van der Waals surface area contributed by atoms with Gasteiger partial charge in [-0.1, -0.05) is 35.5 Å². The summed E-state index contributed by atoms with van der Waals surface area (Å²) in [6, 6.07) is 19.1. The summed E-state index contributed by atoms with van der Waals surface area (Å²) in [7, 11) is -2.26. The van der Waals surface area contributed by atoms with Crippen molar-refractivity contribution in [3.63, 3.8) is 0 Å². The minimum Gasteiger partial charge on any atom is -0.497 e. The van der Waals surface area contributed by atoms with E-state index < -0.39 is 16.1 Å². The predicted molar refractivity (Wildman–Crippen MR) is 138 cm³/mol. The van der Waals surface area contributed by atoms with E-state index >= 15 is 0 Å². The molecule has 1 amide bonds. The van der Waals surface area contributed by atoms with Crippen molar-refractivity contribution in [1.29, 1.82) is 0 Å². The SMILES string of the molecule is CCN(Cc1nc(-c2ccc(OC)cc2)no1)C(=O)[C@H]1CCCN1S(=O)(=O)c1ccc2ccccc2c1. The van der Waals surface area contributed by atoms with E-state index in [0.29, 0.717) is 31.8 Å². The smallest absolute Gasteiger partial charge is 0.246 e. The monoisotopic (exact) mass is 520 g/mol. The fourth-order valence-corrected chi connectivity index (χ4v) is 6.32. The summed E-state index contributed by atoms with van der Waals surface area (Å²) in [5.41, 5.74) is 0.758. The van der Waals surface area contributed by atoms with Crippen molar-refractivity contribution in [2.75, 3.05) is 20.2 Å². The van der Waals surface area contributed by atoms with Crippen molar-refractivity contribution in [3.05, 3.63) is 72.6 Å². The zero-order valence-corrected chi connectivity index (χ0v) is 21.5. The number of likely N-dealkylation sites (N-methyl/N-ethyl adjacent to an activating group) is 1. The van der Waals surface area contributed by atoms with Gasteiger partial charge in [-0.2, -0.15) is 9.29 Å². The van der Waals surface area contributed by atoms with E-state index in [1.165, 1.54) is 4.31 Å². The highest BCUT2D eigenvalue weighted by molar-refractivity contribution is 7.89. The van der Waals surface area contributed by atoms with Gasteiger partial charge in [0.1, 0.15) is 18.3 Å². The van der Waals surface area contributed by atoms with Gasteiger partial charge in [-0.15, -0.1) is 0 Å². The lowest BCUT2D eigenvalue weighted by molar-refractivity contribution is -0.135. The van der Waals surface area contributed by atoms with Gasteiger partial charge in [0, 0.05) is 18.7 Å². The average Bonchev–Trinajstić information content (AvgIpc) is 3.62. The van der Waals surface area contributed by atoms with Crippen molar-refractivity contribution in [1.82, 2.24) is 19.3 Å². The number of fused-ring (bicyclic) bond motifs is 1. The summed E-state index contributed by atoms with van der Waals surface area (Å²) in [5, 5.41) is 5.83. The lowest BCUT2D eigenvalue weighted by atomic mass is 10.1. The predicted octanol–water partition coefficient (Wildman–Crippen LogP) is 4.10. The Morgan fingerprint density at radius 3 is 2.59 bits per heavy atom. The van der Waals surface area contributed by atoms with Crippen LogP contribution >= 0.6 is 0 Å². The Morgan fingerprint density at radius 2 is 1.86 bits per heavy atom. The van der Waals surface area contributed by atoms with E-state index in [2.05, 4.69) is 10.1 Å². The molecule has 0 bridgehead atoms. The highest BCUT2D eigenvalue weighted by Crippen LogP contribution is 2.29. The molecular formula is C27H28N4O5S. The van der Waals surface area contributed by atoms with Gasteiger partial charge >= 0.3 is 0 Å². The molecule has 37 heavy (non-hydrogen) atoms. The number of nitrogens with zero attached hydrogens (tertiary/aromatic N) is 4. The zero-order valence-electron chi connectivity index (χ0n) is 20.7. The van der Waals surface area contributed by atoms with Crippen molar-refractivity contribution < 1.29 is 22.5 Å². The van der Waals surface area contributed by atoms with E-state index in [0.717, 1.165) is 22.1 Å². The van der Waals surface area contributed by atoms with Crippen LogP contribution in [0.1, 0.15) is 25.7 Å². The topological polar surface area (TPSA) is 106 Å². The van der Waals surface area contributed by atoms with E-state index in [1.54, 1.807) is 42.3 Å². The Labute approximate surface area is 215 Å². The van der Waals surface area contributed by atoms with Crippen LogP contribution in [-0.2, 0) is 21.4 Å². The van der Waals surface area contributed by atoms with Gasteiger partial charge in [0.25, 0.3) is 0 Å². The molecule has 0 radical (unpaired) electrons. The minimum absolute atomic E-state index is 0.0961. The first-order valence-corrected chi connectivity index (χ1v) is 13.6. The summed E-state index contributed by atoms with van der Waals surface area (Å²) >= 11 is 0. The van der Waals surface area contributed by atoms with Gasteiger partial charge in [0.15, 0.2) is 0 Å². The third-order valence-corrected chi connectivity index (χ3v) is 8.56. The summed E-state index contributed by atoms with van der Waals surface area (Å²) in [6.45, 7) is 2.61. The Bertz CT molecular complexity index is 1520. The molecule has 9 nitrogen and oxygen atoms in total. The maximum Gasteiger partial charge on any atom is 0.246 e. The first-order chi connectivity index (χ1) is 17.9. The number of hydrogen-bond donors (Lipinski definition) is 0. The molecular weight excluding hydrogens is 492 g/mol. The summed E-state index contributed by atoms with van der Waals surface area (Å²) in [6.07, 6.45) is 1.08. The maximum absolute atomic E-state index is 13.6. The van der Waals surface area contributed by atoms with E-state index in [1.807, 2.05) is 43.3 Å². The van der Waals surface area contributed by atoms with Crippen LogP contribution in [0, 0.1) is 0 Å². The van der Waals surface area contributed by atoms with Crippen LogP contribution in [-0.4, -0.2) is 59.9 Å². The molecule has 4 aromatic rings. The molecule has 0 unspecified atom stereocenters. The number of aromatic nitrogens is 2. The maximum atomic E-state index is 13.6. The molecule has 1 aliphatic rings. The number of amides is 1. The molecule has 0 spiro atoms. The molecule has 0 N–H and O–H groups in total. The molecule has 1 aliphatic heterocycles. The molecule has 3 aromatic carbocycles. The lowest BCUT2D eigenvalue weighted by Crippen LogP contribution is -2.47. The molecule has 1 atom stereocenters. The fraction of sp³-hybridized carbons (Fsp3) is 0.296. The number of carbonyl (C=O) groups excluding carboxylic acids is 1. The number of ether oxygens (including phenoxy) is 1. The Balaban J connectivity index is 1.34. The van der Waals surface area contributed by atoms with Gasteiger partial charge < -0.3 is 14.2 Å². The van der Waals surface area contributed by atoms with Crippen LogP contribution in [0.3, 0.4) is 0 Å². The number of benzene rings is 3. The molecule has 0 saturated carbocycles. The summed E-state index contributed by atoms with van der Waals surface area (Å²) in [5.74, 6) is 1.13. The largest absolute Gasteiger partial charge is 0.497 e. The fourth-order valence-electron chi connectivity index (χ4n) is 4.63. The molecule has 1 saturated heterocycles. The second kappa shape index (κ2) is 10.3. The Kier molecular flexibility index (Phi) is 6.94. The number of sulfonamides is 1. The van der Waals surface area contributed by atoms with Crippen molar-refractivity contribution >= 4 is 26.7 Å². The van der Waals surface area contributed by atoms with Crippen LogP contribution in [0.15, 0.2) is 76.1 Å². The first-order valence-electron chi connectivity index (χ1n) is 12.2. The van der Waals surface area contributed by atoms with Crippen molar-refractivity contribution in [2.24, 2.45) is 0 Å². The van der Waals surface area contributed by atoms with Crippen LogP contribution in [0.5, 0.6) is 5.75 Å². The Hall–Kier alpha value is -3.76. The minimum atomic E-state index is -3.85. The van der Waals surface area contributed by atoms with Gasteiger partial charge in [-0.3, -0.25) is 4.79 Å². The third kappa shape index (κ3) is 4.94. The molecule has 0 aliphatic carbocycles. The second-order valence-electron chi connectivity index (χ2n) is 8.88. The highest BCUT2D eigenvalue weighted by atomic mass is 32.2. The lowest BCUT2D eigenvalue weighted by Gasteiger charge is -2.28. The van der Waals surface area contributed by atoms with E-state index in [9.17, 15) is 13.2 Å². The average molecular weight is 521 g/mol. The van der Waals surface area contributed by atoms with E-state index in [4.69, 9.17) is 9.26 Å². The summed E-state index contributed by atoms with van der Waals surface area (Å²) in [4.78, 5) is 19.7. The molecule has 1 fully saturated rings. The third-order valence-electron chi connectivity index (χ3n) is 6.65.